The molecule has 0 atom stereocenters. The summed E-state index contributed by atoms with van der Waals surface area (Å²) >= 11 is 5.32. The Morgan fingerprint density at radius 3 is 2.43 bits per heavy atom. The zero-order valence-corrected chi connectivity index (χ0v) is 11.1. The minimum absolute atomic E-state index is 0.915. The standard InChI is InChI=1S/C11H16BrNS/c1-3-14-11-6-4-10(5-7-11)8-13(2)9-12/h4-7H,3,8-9H2,1-2H3. The SMILES string of the molecule is CCSc1ccc(CN(C)CBr)cc1. The smallest absolute Gasteiger partial charge is 0.0542 e. The average molecular weight is 274 g/mol. The summed E-state index contributed by atoms with van der Waals surface area (Å²) in [6.07, 6.45) is 0. The summed E-state index contributed by atoms with van der Waals surface area (Å²) in [4.78, 5) is 3.58. The molecule has 1 nitrogen and oxygen atoms in total. The lowest BCUT2D eigenvalue weighted by molar-refractivity contribution is 0.390. The summed E-state index contributed by atoms with van der Waals surface area (Å²) < 4.78 is 0. The number of alkyl halides is 1. The van der Waals surface area contributed by atoms with Gasteiger partial charge in [0.1, 0.15) is 0 Å². The van der Waals surface area contributed by atoms with Crippen LogP contribution < -0.4 is 0 Å². The normalized spacial score (nSPS) is 10.9. The maximum atomic E-state index is 3.43. The van der Waals surface area contributed by atoms with Crippen molar-refractivity contribution in [1.29, 1.82) is 0 Å². The van der Waals surface area contributed by atoms with Gasteiger partial charge in [-0.05, 0) is 30.5 Å². The van der Waals surface area contributed by atoms with Gasteiger partial charge in [0.15, 0.2) is 0 Å². The highest BCUT2D eigenvalue weighted by Crippen LogP contribution is 2.18. The predicted molar refractivity (Wildman–Crippen MR) is 68.1 cm³/mol. The van der Waals surface area contributed by atoms with Crippen molar-refractivity contribution in [3.05, 3.63) is 29.8 Å². The molecule has 14 heavy (non-hydrogen) atoms. The van der Waals surface area contributed by atoms with Crippen molar-refractivity contribution in [3.63, 3.8) is 0 Å². The van der Waals surface area contributed by atoms with Crippen molar-refractivity contribution in [1.82, 2.24) is 4.90 Å². The van der Waals surface area contributed by atoms with Gasteiger partial charge in [0, 0.05) is 11.4 Å². The molecule has 0 saturated heterocycles. The Labute approximate surface area is 99.0 Å². The number of thioether (sulfide) groups is 1. The van der Waals surface area contributed by atoms with Gasteiger partial charge in [-0.2, -0.15) is 0 Å². The topological polar surface area (TPSA) is 3.24 Å². The van der Waals surface area contributed by atoms with Crippen LogP contribution in [0.2, 0.25) is 0 Å². The highest BCUT2D eigenvalue weighted by Gasteiger charge is 1.98. The van der Waals surface area contributed by atoms with Crippen LogP contribution in [0.15, 0.2) is 29.2 Å². The fourth-order valence-electron chi connectivity index (χ4n) is 1.21. The lowest BCUT2D eigenvalue weighted by atomic mass is 10.2. The van der Waals surface area contributed by atoms with E-state index in [1.54, 1.807) is 0 Å². The lowest BCUT2D eigenvalue weighted by Crippen LogP contribution is -2.14. The van der Waals surface area contributed by atoms with Gasteiger partial charge >= 0.3 is 0 Å². The summed E-state index contributed by atoms with van der Waals surface area (Å²) in [5.74, 6) is 1.14. The molecule has 0 unspecified atom stereocenters. The molecule has 1 aromatic carbocycles. The maximum Gasteiger partial charge on any atom is 0.0542 e. The molecular formula is C11H16BrNS. The lowest BCUT2D eigenvalue weighted by Gasteiger charge is -2.12. The second kappa shape index (κ2) is 6.49. The van der Waals surface area contributed by atoms with E-state index in [0.29, 0.717) is 0 Å². The van der Waals surface area contributed by atoms with Crippen LogP contribution in [0, 0.1) is 0 Å². The van der Waals surface area contributed by atoms with Crippen LogP contribution in [0.4, 0.5) is 0 Å². The third-order valence-electron chi connectivity index (χ3n) is 1.89. The van der Waals surface area contributed by atoms with Gasteiger partial charge in [-0.25, -0.2) is 0 Å². The van der Waals surface area contributed by atoms with Crippen molar-refractivity contribution in [2.45, 2.75) is 18.4 Å². The predicted octanol–water partition coefficient (Wildman–Crippen LogP) is 3.58. The van der Waals surface area contributed by atoms with E-state index < -0.39 is 0 Å². The summed E-state index contributed by atoms with van der Waals surface area (Å²) in [7, 11) is 2.10. The summed E-state index contributed by atoms with van der Waals surface area (Å²) in [6.45, 7) is 3.18. The highest BCUT2D eigenvalue weighted by molar-refractivity contribution is 9.09. The first-order valence-corrected chi connectivity index (χ1v) is 6.83. The number of halogens is 1. The quantitative estimate of drug-likeness (QED) is 0.458. The molecule has 1 aromatic rings. The van der Waals surface area contributed by atoms with Crippen LogP contribution in [0.5, 0.6) is 0 Å². The molecular weight excluding hydrogens is 258 g/mol. The van der Waals surface area contributed by atoms with E-state index >= 15 is 0 Å². The first-order chi connectivity index (χ1) is 6.76. The van der Waals surface area contributed by atoms with E-state index in [2.05, 4.69) is 59.1 Å². The van der Waals surface area contributed by atoms with Crippen molar-refractivity contribution in [3.8, 4) is 0 Å². The van der Waals surface area contributed by atoms with Gasteiger partial charge in [0.05, 0.1) is 5.45 Å². The molecule has 0 fully saturated rings. The average Bonchev–Trinajstić information content (AvgIpc) is 2.21. The third kappa shape index (κ3) is 4.03. The first-order valence-electron chi connectivity index (χ1n) is 4.72. The number of benzene rings is 1. The first kappa shape index (κ1) is 12.1. The molecule has 3 heteroatoms. The second-order valence-corrected chi connectivity index (χ2v) is 5.05. The zero-order chi connectivity index (χ0) is 10.4. The van der Waals surface area contributed by atoms with E-state index in [1.165, 1.54) is 10.5 Å². The minimum Gasteiger partial charge on any atom is -0.292 e. The van der Waals surface area contributed by atoms with Gasteiger partial charge in [-0.15, -0.1) is 11.8 Å². The summed E-state index contributed by atoms with van der Waals surface area (Å²) in [5.41, 5.74) is 2.28. The Morgan fingerprint density at radius 1 is 1.29 bits per heavy atom. The monoisotopic (exact) mass is 273 g/mol. The van der Waals surface area contributed by atoms with E-state index in [-0.39, 0.29) is 0 Å². The van der Waals surface area contributed by atoms with Gasteiger partial charge in [-0.1, -0.05) is 35.0 Å². The molecule has 0 bridgehead atoms. The van der Waals surface area contributed by atoms with Gasteiger partial charge < -0.3 is 0 Å². The minimum atomic E-state index is 0.915. The van der Waals surface area contributed by atoms with Crippen molar-refractivity contribution in [2.75, 3.05) is 18.3 Å². The highest BCUT2D eigenvalue weighted by atomic mass is 79.9. The fraction of sp³-hybridized carbons (Fsp3) is 0.455. The van der Waals surface area contributed by atoms with Crippen LogP contribution in [-0.4, -0.2) is 23.2 Å². The molecule has 0 spiro atoms. The Bertz CT molecular complexity index is 260. The number of rotatable bonds is 5. The van der Waals surface area contributed by atoms with Gasteiger partial charge in [-0.3, -0.25) is 4.90 Å². The molecule has 1 rings (SSSR count). The second-order valence-electron chi connectivity index (χ2n) is 3.21. The fourth-order valence-corrected chi connectivity index (χ4v) is 2.05. The van der Waals surface area contributed by atoms with Crippen LogP contribution in [0.1, 0.15) is 12.5 Å². The molecule has 0 aliphatic rings. The number of nitrogens with zero attached hydrogens (tertiary/aromatic N) is 1. The van der Waals surface area contributed by atoms with E-state index in [0.717, 1.165) is 17.8 Å². The van der Waals surface area contributed by atoms with E-state index in [4.69, 9.17) is 0 Å². The third-order valence-corrected chi connectivity index (χ3v) is 3.64. The van der Waals surface area contributed by atoms with Crippen molar-refractivity contribution < 1.29 is 0 Å². The van der Waals surface area contributed by atoms with Crippen molar-refractivity contribution in [2.24, 2.45) is 0 Å². The summed E-state index contributed by atoms with van der Waals surface area (Å²) in [6, 6.07) is 8.81. The zero-order valence-electron chi connectivity index (χ0n) is 8.66. The molecule has 0 aliphatic heterocycles. The molecule has 78 valence electrons. The Hall–Kier alpha value is 0.01000. The van der Waals surface area contributed by atoms with Crippen LogP contribution in [-0.2, 0) is 6.54 Å². The molecule has 0 aliphatic carbocycles. The Kier molecular flexibility index (Phi) is 5.60. The number of hydrogen-bond acceptors (Lipinski definition) is 2. The van der Waals surface area contributed by atoms with Crippen LogP contribution in [0.3, 0.4) is 0 Å². The molecule has 0 saturated carbocycles. The molecule has 0 radical (unpaired) electrons. The largest absolute Gasteiger partial charge is 0.292 e. The Balaban J connectivity index is 2.54. The van der Waals surface area contributed by atoms with Crippen LogP contribution in [0.25, 0.3) is 0 Å². The molecule has 0 amide bonds. The summed E-state index contributed by atoms with van der Waals surface area (Å²) in [5, 5.41) is 0. The molecule has 0 heterocycles. The molecule has 0 N–H and O–H groups in total. The maximum absolute atomic E-state index is 3.43. The Morgan fingerprint density at radius 2 is 1.93 bits per heavy atom. The van der Waals surface area contributed by atoms with Crippen LogP contribution >= 0.6 is 27.7 Å². The van der Waals surface area contributed by atoms with Gasteiger partial charge in [0.25, 0.3) is 0 Å². The van der Waals surface area contributed by atoms with E-state index in [9.17, 15) is 0 Å². The van der Waals surface area contributed by atoms with Crippen molar-refractivity contribution >= 4 is 27.7 Å². The van der Waals surface area contributed by atoms with E-state index in [1.807, 2.05) is 11.8 Å². The number of hydrogen-bond donors (Lipinski definition) is 0. The van der Waals surface area contributed by atoms with Gasteiger partial charge in [0.2, 0.25) is 0 Å². The molecule has 0 aromatic heterocycles.